The van der Waals surface area contributed by atoms with Gasteiger partial charge in [0.1, 0.15) is 0 Å². The Morgan fingerprint density at radius 3 is 2.59 bits per heavy atom. The number of aromatic amines is 1. The second kappa shape index (κ2) is 5.02. The summed E-state index contributed by atoms with van der Waals surface area (Å²) in [6.07, 6.45) is 0.905. The van der Waals surface area contributed by atoms with Crippen molar-refractivity contribution in [2.24, 2.45) is 0 Å². The zero-order valence-corrected chi connectivity index (χ0v) is 12.5. The van der Waals surface area contributed by atoms with Crippen molar-refractivity contribution in [1.82, 2.24) is 9.88 Å². The average molecular weight is 290 g/mol. The number of nitrogens with one attached hydrogen (secondary N) is 1. The van der Waals surface area contributed by atoms with Gasteiger partial charge in [-0.05, 0) is 23.6 Å². The summed E-state index contributed by atoms with van der Waals surface area (Å²) in [5.41, 5.74) is 4.82. The fourth-order valence-electron chi connectivity index (χ4n) is 3.56. The number of fused-ring (bicyclic) bond motifs is 3. The van der Waals surface area contributed by atoms with E-state index >= 15 is 0 Å². The first-order chi connectivity index (χ1) is 10.8. The molecule has 0 aliphatic carbocycles. The van der Waals surface area contributed by atoms with Crippen LogP contribution in [0.5, 0.6) is 0 Å². The molecular weight excluding hydrogens is 272 g/mol. The molecule has 1 aliphatic rings. The molecule has 1 N–H and O–H groups in total. The number of H-pyrrole nitrogens is 1. The van der Waals surface area contributed by atoms with Crippen molar-refractivity contribution in [3.8, 4) is 0 Å². The zero-order valence-electron chi connectivity index (χ0n) is 12.5. The van der Waals surface area contributed by atoms with E-state index in [2.05, 4.69) is 35.3 Å². The van der Waals surface area contributed by atoms with Crippen LogP contribution in [0.25, 0.3) is 10.9 Å². The van der Waals surface area contributed by atoms with E-state index in [1.165, 1.54) is 10.9 Å². The lowest BCUT2D eigenvalue weighted by Crippen LogP contribution is -2.39. The fraction of sp³-hybridized carbons (Fsp3) is 0.211. The van der Waals surface area contributed by atoms with Crippen LogP contribution < -0.4 is 0 Å². The molecule has 4 rings (SSSR count). The molecule has 1 aromatic heterocycles. The number of para-hydroxylation sites is 1. The second-order valence-electron chi connectivity index (χ2n) is 5.84. The van der Waals surface area contributed by atoms with Crippen molar-refractivity contribution in [1.29, 1.82) is 0 Å². The molecule has 0 radical (unpaired) electrons. The SMILES string of the molecule is CC(=O)N1CCc2c([nH]c3ccccc23)[C@@H]1c1ccccc1. The number of hydrogen-bond donors (Lipinski definition) is 1. The topological polar surface area (TPSA) is 36.1 Å². The maximum Gasteiger partial charge on any atom is 0.220 e. The lowest BCUT2D eigenvalue weighted by molar-refractivity contribution is -0.130. The van der Waals surface area contributed by atoms with Gasteiger partial charge < -0.3 is 9.88 Å². The molecule has 3 heteroatoms. The normalized spacial score (nSPS) is 17.5. The first-order valence-corrected chi connectivity index (χ1v) is 7.67. The van der Waals surface area contributed by atoms with Crippen LogP contribution in [-0.2, 0) is 11.2 Å². The van der Waals surface area contributed by atoms with Crippen LogP contribution in [-0.4, -0.2) is 22.3 Å². The smallest absolute Gasteiger partial charge is 0.220 e. The minimum Gasteiger partial charge on any atom is -0.356 e. The molecule has 0 saturated heterocycles. The molecule has 1 aliphatic heterocycles. The van der Waals surface area contributed by atoms with E-state index in [0.29, 0.717) is 0 Å². The highest BCUT2D eigenvalue weighted by Gasteiger charge is 2.32. The van der Waals surface area contributed by atoms with E-state index in [-0.39, 0.29) is 11.9 Å². The number of nitrogens with zero attached hydrogens (tertiary/aromatic N) is 1. The van der Waals surface area contributed by atoms with Gasteiger partial charge in [0.15, 0.2) is 0 Å². The summed E-state index contributed by atoms with van der Waals surface area (Å²) in [5, 5.41) is 1.28. The van der Waals surface area contributed by atoms with Gasteiger partial charge in [-0.1, -0.05) is 48.5 Å². The van der Waals surface area contributed by atoms with Crippen LogP contribution in [0.3, 0.4) is 0 Å². The molecule has 3 aromatic rings. The van der Waals surface area contributed by atoms with Gasteiger partial charge in [-0.15, -0.1) is 0 Å². The van der Waals surface area contributed by atoms with Gasteiger partial charge in [0.05, 0.1) is 6.04 Å². The van der Waals surface area contributed by atoms with Gasteiger partial charge >= 0.3 is 0 Å². The number of carbonyl (C=O) groups is 1. The Kier molecular flexibility index (Phi) is 3.00. The van der Waals surface area contributed by atoms with E-state index in [9.17, 15) is 4.79 Å². The summed E-state index contributed by atoms with van der Waals surface area (Å²) in [4.78, 5) is 17.6. The summed E-state index contributed by atoms with van der Waals surface area (Å²) in [7, 11) is 0. The van der Waals surface area contributed by atoms with Gasteiger partial charge in [0.25, 0.3) is 0 Å². The highest BCUT2D eigenvalue weighted by molar-refractivity contribution is 5.86. The van der Waals surface area contributed by atoms with Crippen LogP contribution in [0.4, 0.5) is 0 Å². The first kappa shape index (κ1) is 13.1. The number of benzene rings is 2. The van der Waals surface area contributed by atoms with Crippen molar-refractivity contribution in [3.63, 3.8) is 0 Å². The van der Waals surface area contributed by atoms with Crippen molar-refractivity contribution < 1.29 is 4.79 Å². The van der Waals surface area contributed by atoms with Gasteiger partial charge in [0.2, 0.25) is 5.91 Å². The molecule has 0 unspecified atom stereocenters. The minimum absolute atomic E-state index is 0.0187. The maximum atomic E-state index is 12.1. The highest BCUT2D eigenvalue weighted by atomic mass is 16.2. The van der Waals surface area contributed by atoms with Crippen LogP contribution in [0.1, 0.15) is 29.8 Å². The van der Waals surface area contributed by atoms with Crippen molar-refractivity contribution in [3.05, 3.63) is 71.4 Å². The van der Waals surface area contributed by atoms with Gasteiger partial charge in [-0.2, -0.15) is 0 Å². The summed E-state index contributed by atoms with van der Waals surface area (Å²) in [6, 6.07) is 18.6. The standard InChI is InChI=1S/C19H18N2O/c1-13(22)21-12-11-16-15-9-5-6-10-17(15)20-18(16)19(21)14-7-3-2-4-8-14/h2-10,19-20H,11-12H2,1H3/t19-/m0/s1. The summed E-state index contributed by atoms with van der Waals surface area (Å²) in [5.74, 6) is 0.123. The van der Waals surface area contributed by atoms with Gasteiger partial charge in [-0.25, -0.2) is 0 Å². The molecule has 3 nitrogen and oxygen atoms in total. The van der Waals surface area contributed by atoms with Gasteiger partial charge in [0, 0.05) is 30.1 Å². The third-order valence-corrected chi connectivity index (χ3v) is 4.55. The summed E-state index contributed by atoms with van der Waals surface area (Å²) >= 11 is 0. The molecule has 2 aromatic carbocycles. The van der Waals surface area contributed by atoms with Crippen molar-refractivity contribution >= 4 is 16.8 Å². The van der Waals surface area contributed by atoms with Crippen LogP contribution in [0, 0.1) is 0 Å². The Labute approximate surface area is 129 Å². The van der Waals surface area contributed by atoms with E-state index in [4.69, 9.17) is 0 Å². The summed E-state index contributed by atoms with van der Waals surface area (Å²) < 4.78 is 0. The number of rotatable bonds is 1. The van der Waals surface area contributed by atoms with Crippen molar-refractivity contribution in [2.75, 3.05) is 6.54 Å². The Hall–Kier alpha value is -2.55. The molecule has 0 bridgehead atoms. The highest BCUT2D eigenvalue weighted by Crippen LogP contribution is 2.38. The van der Waals surface area contributed by atoms with Crippen LogP contribution >= 0.6 is 0 Å². The Bertz CT molecular complexity index is 835. The second-order valence-corrected chi connectivity index (χ2v) is 5.84. The minimum atomic E-state index is -0.0187. The predicted octanol–water partition coefficient (Wildman–Crippen LogP) is 3.66. The Morgan fingerprint density at radius 2 is 1.82 bits per heavy atom. The van der Waals surface area contributed by atoms with Gasteiger partial charge in [-0.3, -0.25) is 4.79 Å². The van der Waals surface area contributed by atoms with E-state index in [1.54, 1.807) is 6.92 Å². The van der Waals surface area contributed by atoms with E-state index in [1.807, 2.05) is 29.2 Å². The molecule has 110 valence electrons. The Morgan fingerprint density at radius 1 is 1.09 bits per heavy atom. The molecule has 0 spiro atoms. The molecule has 2 heterocycles. The number of aromatic nitrogens is 1. The Balaban J connectivity index is 1.94. The average Bonchev–Trinajstić information content (AvgIpc) is 2.93. The molecule has 0 saturated carbocycles. The predicted molar refractivity (Wildman–Crippen MR) is 87.7 cm³/mol. The zero-order chi connectivity index (χ0) is 15.1. The third kappa shape index (κ3) is 1.93. The molecule has 22 heavy (non-hydrogen) atoms. The molecule has 0 fully saturated rings. The third-order valence-electron chi connectivity index (χ3n) is 4.55. The monoisotopic (exact) mass is 290 g/mol. The number of amides is 1. The molecular formula is C19H18N2O. The van der Waals surface area contributed by atoms with E-state index in [0.717, 1.165) is 29.7 Å². The number of hydrogen-bond acceptors (Lipinski definition) is 1. The molecule has 1 amide bonds. The van der Waals surface area contributed by atoms with Crippen molar-refractivity contribution in [2.45, 2.75) is 19.4 Å². The number of carbonyl (C=O) groups excluding carboxylic acids is 1. The quantitative estimate of drug-likeness (QED) is 0.729. The maximum absolute atomic E-state index is 12.1. The van der Waals surface area contributed by atoms with Crippen LogP contribution in [0.15, 0.2) is 54.6 Å². The first-order valence-electron chi connectivity index (χ1n) is 7.67. The summed E-state index contributed by atoms with van der Waals surface area (Å²) in [6.45, 7) is 2.42. The lowest BCUT2D eigenvalue weighted by atomic mass is 9.92. The van der Waals surface area contributed by atoms with Crippen LogP contribution in [0.2, 0.25) is 0 Å². The lowest BCUT2D eigenvalue weighted by Gasteiger charge is -2.35. The van der Waals surface area contributed by atoms with E-state index < -0.39 is 0 Å². The molecule has 1 atom stereocenters. The fourth-order valence-corrected chi connectivity index (χ4v) is 3.56. The largest absolute Gasteiger partial charge is 0.356 e.